The molecule has 0 saturated heterocycles. The topological polar surface area (TPSA) is 51.8 Å². The van der Waals surface area contributed by atoms with Crippen molar-refractivity contribution < 1.29 is 0 Å². The number of halogens is 1. The van der Waals surface area contributed by atoms with Crippen molar-refractivity contribution in [1.82, 2.24) is 9.97 Å². The van der Waals surface area contributed by atoms with E-state index in [-0.39, 0.29) is 0 Å². The van der Waals surface area contributed by atoms with Crippen LogP contribution in [0.2, 0.25) is 0 Å². The van der Waals surface area contributed by atoms with E-state index in [0.717, 1.165) is 21.2 Å². The predicted octanol–water partition coefficient (Wildman–Crippen LogP) is 2.15. The molecule has 0 fully saturated rings. The molecule has 0 bridgehead atoms. The van der Waals surface area contributed by atoms with E-state index in [9.17, 15) is 0 Å². The summed E-state index contributed by atoms with van der Waals surface area (Å²) in [6.45, 7) is 0. The summed E-state index contributed by atoms with van der Waals surface area (Å²) >= 11 is 2.23. The van der Waals surface area contributed by atoms with E-state index in [1.165, 1.54) is 0 Å². The highest BCUT2D eigenvalue weighted by Crippen LogP contribution is 2.15. The van der Waals surface area contributed by atoms with Gasteiger partial charge in [-0.05, 0) is 12.1 Å². The van der Waals surface area contributed by atoms with Crippen molar-refractivity contribution >= 4 is 39.4 Å². The van der Waals surface area contributed by atoms with Crippen molar-refractivity contribution in [2.24, 2.45) is 0 Å². The molecule has 0 saturated carbocycles. The predicted molar refractivity (Wildman–Crippen MR) is 61.7 cm³/mol. The summed E-state index contributed by atoms with van der Waals surface area (Å²) in [5.41, 5.74) is 8.34. The van der Waals surface area contributed by atoms with Crippen LogP contribution >= 0.6 is 22.6 Å². The van der Waals surface area contributed by atoms with E-state index in [0.29, 0.717) is 5.82 Å². The molecule has 0 aliphatic rings. The minimum Gasteiger partial charge on any atom is -0.382 e. The highest BCUT2D eigenvalue weighted by Gasteiger charge is 2.02. The Morgan fingerprint density at radius 1 is 1.15 bits per heavy atom. The number of anilines is 1. The first-order valence-corrected chi connectivity index (χ1v) is 5.41. The van der Waals surface area contributed by atoms with Gasteiger partial charge in [0.15, 0.2) is 0 Å². The third kappa shape index (κ3) is 1.58. The summed E-state index contributed by atoms with van der Waals surface area (Å²) in [4.78, 5) is 8.66. The van der Waals surface area contributed by atoms with Gasteiger partial charge in [0, 0.05) is 4.43 Å². The van der Waals surface area contributed by atoms with Crippen LogP contribution in [0.25, 0.3) is 11.0 Å². The summed E-state index contributed by atoms with van der Waals surface area (Å²) in [5, 5.41) is 0. The van der Waals surface area contributed by atoms with Crippen molar-refractivity contribution in [3.05, 3.63) is 30.0 Å². The van der Waals surface area contributed by atoms with E-state index < -0.39 is 0 Å². The van der Waals surface area contributed by atoms with Crippen LogP contribution in [-0.2, 0) is 4.43 Å². The van der Waals surface area contributed by atoms with Gasteiger partial charge in [-0.25, -0.2) is 9.97 Å². The number of para-hydroxylation sites is 2. The van der Waals surface area contributed by atoms with Gasteiger partial charge in [0.25, 0.3) is 0 Å². The standard InChI is InChI=1S/C9H8IN3/c10-5-8-9(11)13-7-4-2-1-3-6(7)12-8/h1-4H,5H2,(H2,11,13). The molecule has 0 radical (unpaired) electrons. The van der Waals surface area contributed by atoms with Crippen LogP contribution < -0.4 is 5.73 Å². The molecule has 13 heavy (non-hydrogen) atoms. The molecule has 2 rings (SSSR count). The molecule has 1 aromatic carbocycles. The normalized spacial score (nSPS) is 10.5. The maximum absolute atomic E-state index is 5.72. The van der Waals surface area contributed by atoms with Gasteiger partial charge in [-0.2, -0.15) is 0 Å². The van der Waals surface area contributed by atoms with Gasteiger partial charge in [0.2, 0.25) is 0 Å². The van der Waals surface area contributed by atoms with Crippen LogP contribution in [0.15, 0.2) is 24.3 Å². The maximum atomic E-state index is 5.72. The Balaban J connectivity index is 2.74. The van der Waals surface area contributed by atoms with Gasteiger partial charge in [-0.1, -0.05) is 34.7 Å². The van der Waals surface area contributed by atoms with Crippen LogP contribution in [0.3, 0.4) is 0 Å². The Hall–Kier alpha value is -0.910. The number of rotatable bonds is 1. The minimum atomic E-state index is 0.535. The Morgan fingerprint density at radius 3 is 2.38 bits per heavy atom. The molecule has 4 heteroatoms. The number of nitrogens with zero attached hydrogens (tertiary/aromatic N) is 2. The Kier molecular flexibility index (Phi) is 2.30. The zero-order chi connectivity index (χ0) is 9.26. The SMILES string of the molecule is Nc1nc2ccccc2nc1CI. The molecule has 3 nitrogen and oxygen atoms in total. The molecule has 0 aliphatic carbocycles. The average Bonchev–Trinajstić information content (AvgIpc) is 2.17. The van der Waals surface area contributed by atoms with Crippen LogP contribution in [0.5, 0.6) is 0 Å². The van der Waals surface area contributed by atoms with Crippen molar-refractivity contribution in [3.8, 4) is 0 Å². The highest BCUT2D eigenvalue weighted by molar-refractivity contribution is 14.1. The Morgan fingerprint density at radius 2 is 1.77 bits per heavy atom. The maximum Gasteiger partial charge on any atom is 0.146 e. The highest BCUT2D eigenvalue weighted by atomic mass is 127. The fraction of sp³-hybridized carbons (Fsp3) is 0.111. The van der Waals surface area contributed by atoms with E-state index in [4.69, 9.17) is 5.73 Å². The summed E-state index contributed by atoms with van der Waals surface area (Å²) in [6.07, 6.45) is 0. The average molecular weight is 285 g/mol. The van der Waals surface area contributed by atoms with Crippen molar-refractivity contribution in [2.75, 3.05) is 5.73 Å². The second-order valence-electron chi connectivity index (χ2n) is 2.68. The number of hydrogen-bond acceptors (Lipinski definition) is 3. The number of nitrogens with two attached hydrogens (primary N) is 1. The summed E-state index contributed by atoms with van der Waals surface area (Å²) < 4.78 is 0.793. The molecular formula is C9H8IN3. The third-order valence-corrected chi connectivity index (χ3v) is 2.52. The van der Waals surface area contributed by atoms with Gasteiger partial charge in [0.05, 0.1) is 16.7 Å². The van der Waals surface area contributed by atoms with Crippen molar-refractivity contribution in [1.29, 1.82) is 0 Å². The van der Waals surface area contributed by atoms with Crippen molar-refractivity contribution in [2.45, 2.75) is 4.43 Å². The van der Waals surface area contributed by atoms with Gasteiger partial charge in [-0.15, -0.1) is 0 Å². The lowest BCUT2D eigenvalue weighted by molar-refractivity contribution is 1.19. The fourth-order valence-electron chi connectivity index (χ4n) is 1.15. The lowest BCUT2D eigenvalue weighted by Gasteiger charge is -2.02. The zero-order valence-electron chi connectivity index (χ0n) is 6.87. The van der Waals surface area contributed by atoms with Gasteiger partial charge < -0.3 is 5.73 Å². The number of alkyl halides is 1. The lowest BCUT2D eigenvalue weighted by Crippen LogP contribution is -1.99. The molecule has 66 valence electrons. The molecule has 0 atom stereocenters. The van der Waals surface area contributed by atoms with Crippen LogP contribution in [-0.4, -0.2) is 9.97 Å². The van der Waals surface area contributed by atoms with Gasteiger partial charge in [-0.3, -0.25) is 0 Å². The summed E-state index contributed by atoms with van der Waals surface area (Å²) in [5.74, 6) is 0.535. The molecule has 0 aliphatic heterocycles. The molecule has 0 spiro atoms. The van der Waals surface area contributed by atoms with Gasteiger partial charge in [0.1, 0.15) is 5.82 Å². The largest absolute Gasteiger partial charge is 0.382 e. The number of aromatic nitrogens is 2. The van der Waals surface area contributed by atoms with Crippen LogP contribution in [0.1, 0.15) is 5.69 Å². The molecule has 0 unspecified atom stereocenters. The quantitative estimate of drug-likeness (QED) is 0.645. The van der Waals surface area contributed by atoms with E-state index >= 15 is 0 Å². The van der Waals surface area contributed by atoms with Gasteiger partial charge >= 0.3 is 0 Å². The van der Waals surface area contributed by atoms with E-state index in [1.54, 1.807) is 0 Å². The Bertz CT molecular complexity index is 442. The summed E-state index contributed by atoms with van der Waals surface area (Å²) in [6, 6.07) is 7.73. The lowest BCUT2D eigenvalue weighted by atomic mass is 10.3. The molecular weight excluding hydrogens is 277 g/mol. The minimum absolute atomic E-state index is 0.535. The van der Waals surface area contributed by atoms with Crippen LogP contribution in [0, 0.1) is 0 Å². The Labute approximate surface area is 89.5 Å². The molecule has 2 N–H and O–H groups in total. The van der Waals surface area contributed by atoms with E-state index in [1.807, 2.05) is 24.3 Å². The molecule has 2 aromatic rings. The summed E-state index contributed by atoms with van der Waals surface area (Å²) in [7, 11) is 0. The first kappa shape index (κ1) is 8.68. The monoisotopic (exact) mass is 285 g/mol. The molecule has 1 heterocycles. The smallest absolute Gasteiger partial charge is 0.146 e. The second-order valence-corrected chi connectivity index (χ2v) is 3.44. The number of hydrogen-bond donors (Lipinski definition) is 1. The van der Waals surface area contributed by atoms with Crippen molar-refractivity contribution in [3.63, 3.8) is 0 Å². The first-order chi connectivity index (χ1) is 6.31. The van der Waals surface area contributed by atoms with E-state index in [2.05, 4.69) is 32.6 Å². The van der Waals surface area contributed by atoms with Crippen LogP contribution in [0.4, 0.5) is 5.82 Å². The molecule has 1 aromatic heterocycles. The molecule has 0 amide bonds. The zero-order valence-corrected chi connectivity index (χ0v) is 9.02. The number of nitrogen functional groups attached to an aromatic ring is 1. The fourth-order valence-corrected chi connectivity index (χ4v) is 1.71. The third-order valence-electron chi connectivity index (χ3n) is 1.80. The first-order valence-electron chi connectivity index (χ1n) is 3.88. The second kappa shape index (κ2) is 3.45. The number of fused-ring (bicyclic) bond motifs is 1. The number of benzene rings is 1.